The Morgan fingerprint density at radius 1 is 0.697 bits per heavy atom. The van der Waals surface area contributed by atoms with Crippen LogP contribution in [0.25, 0.3) is 0 Å². The molecule has 0 saturated heterocycles. The van der Waals surface area contributed by atoms with Crippen molar-refractivity contribution in [1.82, 2.24) is 0 Å². The third-order valence-electron chi connectivity index (χ3n) is 6.69. The van der Waals surface area contributed by atoms with Gasteiger partial charge in [0.2, 0.25) is 0 Å². The average molecular weight is 434 g/mol. The van der Waals surface area contributed by atoms with Crippen molar-refractivity contribution in [2.75, 3.05) is 18.2 Å². The van der Waals surface area contributed by atoms with Crippen LogP contribution in [0.2, 0.25) is 0 Å². The maximum Gasteiger partial charge on any atom is 0.161 e. The summed E-state index contributed by atoms with van der Waals surface area (Å²) in [5.74, 6) is 2.44. The van der Waals surface area contributed by atoms with Gasteiger partial charge in [-0.2, -0.15) is 0 Å². The highest BCUT2D eigenvalue weighted by Gasteiger charge is 2.22. The summed E-state index contributed by atoms with van der Waals surface area (Å²) >= 11 is 0. The first-order valence-electron chi connectivity index (χ1n) is 11.7. The molecule has 0 aromatic heterocycles. The van der Waals surface area contributed by atoms with Gasteiger partial charge in [-0.3, -0.25) is 0 Å². The summed E-state index contributed by atoms with van der Waals surface area (Å²) in [7, 11) is 0. The van der Waals surface area contributed by atoms with E-state index in [0.29, 0.717) is 12.6 Å². The van der Waals surface area contributed by atoms with Crippen molar-refractivity contribution >= 4 is 5.69 Å². The summed E-state index contributed by atoms with van der Waals surface area (Å²) in [6.07, 6.45) is 1.93. The highest BCUT2D eigenvalue weighted by atomic mass is 16.5. The molecule has 4 aromatic carbocycles. The molecule has 1 atom stereocenters. The second-order valence-corrected chi connectivity index (χ2v) is 8.99. The zero-order valence-electron chi connectivity index (χ0n) is 18.6. The lowest BCUT2D eigenvalue weighted by Crippen LogP contribution is -2.31. The molecule has 6 rings (SSSR count). The lowest BCUT2D eigenvalue weighted by Gasteiger charge is -2.31. The van der Waals surface area contributed by atoms with Gasteiger partial charge in [-0.15, -0.1) is 0 Å². The van der Waals surface area contributed by atoms with Crippen molar-refractivity contribution < 1.29 is 9.47 Å². The fourth-order valence-electron chi connectivity index (χ4n) is 4.94. The van der Waals surface area contributed by atoms with Gasteiger partial charge in [0, 0.05) is 23.7 Å². The molecule has 2 heterocycles. The molecule has 3 heteroatoms. The predicted octanol–water partition coefficient (Wildman–Crippen LogP) is 6.35. The van der Waals surface area contributed by atoms with Gasteiger partial charge in [0.15, 0.2) is 6.73 Å². The molecule has 2 aliphatic rings. The molecule has 0 amide bonds. The molecule has 33 heavy (non-hydrogen) atoms. The minimum atomic E-state index is 0.416. The second-order valence-electron chi connectivity index (χ2n) is 8.99. The third-order valence-corrected chi connectivity index (χ3v) is 6.69. The lowest BCUT2D eigenvalue weighted by atomic mass is 9.89. The Morgan fingerprint density at radius 3 is 2.12 bits per heavy atom. The number of ether oxygens (including phenoxy) is 2. The molecule has 1 unspecified atom stereocenters. The molecular weight excluding hydrogens is 406 g/mol. The number of para-hydroxylation sites is 1. The van der Waals surface area contributed by atoms with Gasteiger partial charge in [0.05, 0.1) is 6.61 Å². The minimum absolute atomic E-state index is 0.416. The molecule has 0 N–H and O–H groups in total. The van der Waals surface area contributed by atoms with Crippen LogP contribution in [0.1, 0.15) is 33.7 Å². The van der Waals surface area contributed by atoms with Crippen LogP contribution in [0.3, 0.4) is 0 Å². The van der Waals surface area contributed by atoms with Gasteiger partial charge < -0.3 is 14.4 Å². The van der Waals surface area contributed by atoms with E-state index < -0.39 is 0 Å². The molecule has 0 fully saturated rings. The summed E-state index contributed by atoms with van der Waals surface area (Å²) in [5, 5.41) is 0. The van der Waals surface area contributed by atoms with E-state index in [-0.39, 0.29) is 0 Å². The average Bonchev–Trinajstić information content (AvgIpc) is 2.89. The summed E-state index contributed by atoms with van der Waals surface area (Å²) < 4.78 is 12.1. The van der Waals surface area contributed by atoms with Gasteiger partial charge in [0.25, 0.3) is 0 Å². The van der Waals surface area contributed by atoms with Crippen molar-refractivity contribution in [3.05, 3.63) is 125 Å². The van der Waals surface area contributed by atoms with Gasteiger partial charge in [0.1, 0.15) is 11.5 Å². The van der Waals surface area contributed by atoms with Gasteiger partial charge >= 0.3 is 0 Å². The van der Waals surface area contributed by atoms with E-state index in [9.17, 15) is 0 Å². The van der Waals surface area contributed by atoms with Crippen molar-refractivity contribution in [3.63, 3.8) is 0 Å². The summed E-state index contributed by atoms with van der Waals surface area (Å²) in [6.45, 7) is 2.20. The number of hydrogen-bond acceptors (Lipinski definition) is 3. The highest BCUT2D eigenvalue weighted by Crippen LogP contribution is 2.34. The van der Waals surface area contributed by atoms with Crippen molar-refractivity contribution in [2.24, 2.45) is 0 Å². The topological polar surface area (TPSA) is 21.7 Å². The largest absolute Gasteiger partial charge is 0.493 e. The monoisotopic (exact) mass is 433 g/mol. The number of benzene rings is 4. The molecule has 0 saturated carbocycles. The third kappa shape index (κ3) is 4.19. The molecule has 164 valence electrons. The number of rotatable bonds is 4. The molecule has 4 aromatic rings. The van der Waals surface area contributed by atoms with E-state index in [2.05, 4.69) is 95.9 Å². The van der Waals surface area contributed by atoms with Crippen molar-refractivity contribution in [1.29, 1.82) is 0 Å². The quantitative estimate of drug-likeness (QED) is 0.374. The van der Waals surface area contributed by atoms with E-state index in [4.69, 9.17) is 9.47 Å². The molecule has 0 bridgehead atoms. The zero-order valence-corrected chi connectivity index (χ0v) is 18.6. The van der Waals surface area contributed by atoms with Crippen LogP contribution in [-0.2, 0) is 19.4 Å². The van der Waals surface area contributed by atoms with Crippen molar-refractivity contribution in [2.45, 2.75) is 25.3 Å². The van der Waals surface area contributed by atoms with E-state index in [0.717, 1.165) is 37.5 Å². The fraction of sp³-hybridized carbons (Fsp3) is 0.200. The Balaban J connectivity index is 1.20. The second kappa shape index (κ2) is 8.67. The smallest absolute Gasteiger partial charge is 0.161 e. The normalized spacial score (nSPS) is 16.8. The molecular formula is C30H27NO2. The number of anilines is 1. The standard InChI is InChI=1S/C30H27NO2/c1-3-7-24(8-4-1)27-18-25-16-22(11-13-29(25)32-20-27)15-23-12-14-30-26(17-23)19-31(21-33-30)28-9-5-2-6-10-28/h1-14,16-17,27H,15,18-21H2. The van der Waals surface area contributed by atoms with Gasteiger partial charge in [-0.25, -0.2) is 0 Å². The van der Waals surface area contributed by atoms with Crippen LogP contribution in [0.15, 0.2) is 97.1 Å². The predicted molar refractivity (Wildman–Crippen MR) is 132 cm³/mol. The van der Waals surface area contributed by atoms with E-state index >= 15 is 0 Å². The number of nitrogens with zero attached hydrogens (tertiary/aromatic N) is 1. The summed E-state index contributed by atoms with van der Waals surface area (Å²) in [6, 6.07) is 34.5. The molecule has 0 spiro atoms. The Labute approximate surface area is 195 Å². The Hall–Kier alpha value is -3.72. The minimum Gasteiger partial charge on any atom is -0.493 e. The first-order chi connectivity index (χ1) is 16.3. The van der Waals surface area contributed by atoms with E-state index in [1.54, 1.807) is 0 Å². The fourth-order valence-corrected chi connectivity index (χ4v) is 4.94. The number of fused-ring (bicyclic) bond motifs is 2. The van der Waals surface area contributed by atoms with E-state index in [1.807, 2.05) is 6.07 Å². The first kappa shape index (κ1) is 19.9. The maximum absolute atomic E-state index is 6.10. The van der Waals surface area contributed by atoms with Crippen LogP contribution in [-0.4, -0.2) is 13.3 Å². The molecule has 3 nitrogen and oxygen atoms in total. The van der Waals surface area contributed by atoms with Crippen LogP contribution in [0.5, 0.6) is 11.5 Å². The molecule has 0 aliphatic carbocycles. The Bertz CT molecular complexity index is 1150. The lowest BCUT2D eigenvalue weighted by molar-refractivity contribution is 0.262. The van der Waals surface area contributed by atoms with Crippen LogP contribution in [0, 0.1) is 0 Å². The SMILES string of the molecule is c1ccc(C2COc3ccc(Cc4ccc5c(c4)CN(c4ccccc4)CO5)cc3C2)cc1. The van der Waals surface area contributed by atoms with Crippen LogP contribution >= 0.6 is 0 Å². The summed E-state index contributed by atoms with van der Waals surface area (Å²) in [4.78, 5) is 2.27. The Morgan fingerprint density at radius 2 is 1.36 bits per heavy atom. The van der Waals surface area contributed by atoms with E-state index in [1.165, 1.54) is 33.5 Å². The molecule has 2 aliphatic heterocycles. The Kier molecular flexibility index (Phi) is 5.23. The summed E-state index contributed by atoms with van der Waals surface area (Å²) in [5.41, 5.74) is 7.73. The first-order valence-corrected chi connectivity index (χ1v) is 11.7. The van der Waals surface area contributed by atoms with Crippen LogP contribution in [0.4, 0.5) is 5.69 Å². The molecule has 0 radical (unpaired) electrons. The van der Waals surface area contributed by atoms with Gasteiger partial charge in [-0.05, 0) is 65.4 Å². The highest BCUT2D eigenvalue weighted by molar-refractivity contribution is 5.51. The number of hydrogen-bond donors (Lipinski definition) is 0. The zero-order chi connectivity index (χ0) is 22.0. The van der Waals surface area contributed by atoms with Gasteiger partial charge in [-0.1, -0.05) is 66.7 Å². The van der Waals surface area contributed by atoms with Crippen LogP contribution < -0.4 is 14.4 Å². The maximum atomic E-state index is 6.10. The van der Waals surface area contributed by atoms with Crippen molar-refractivity contribution in [3.8, 4) is 11.5 Å².